The molecule has 26 heavy (non-hydrogen) atoms. The van der Waals surface area contributed by atoms with Crippen molar-refractivity contribution in [3.05, 3.63) is 58.2 Å². The zero-order valence-electron chi connectivity index (χ0n) is 17.1. The number of amides is 1. The van der Waals surface area contributed by atoms with Crippen molar-refractivity contribution in [2.45, 2.75) is 67.2 Å². The fraction of sp³-hybridized carbons (Fsp3) is 0.435. The highest BCUT2D eigenvalue weighted by molar-refractivity contribution is 5.99. The number of carbonyl (C=O) groups excluding carboxylic acids is 1. The third kappa shape index (κ3) is 8.19. The van der Waals surface area contributed by atoms with Crippen LogP contribution in [0.2, 0.25) is 0 Å². The lowest BCUT2D eigenvalue weighted by molar-refractivity contribution is -0.112. The maximum atomic E-state index is 12.2. The summed E-state index contributed by atoms with van der Waals surface area (Å²) in [4.78, 5) is 12.2. The van der Waals surface area contributed by atoms with E-state index in [2.05, 4.69) is 38.2 Å². The summed E-state index contributed by atoms with van der Waals surface area (Å²) in [5.41, 5.74) is 6.05. The number of hydrogen-bond acceptors (Lipinski definition) is 2. The number of hydrogen-bond donors (Lipinski definition) is 2. The van der Waals surface area contributed by atoms with Gasteiger partial charge >= 0.3 is 0 Å². The highest BCUT2D eigenvalue weighted by Crippen LogP contribution is 2.25. The number of rotatable bonds is 8. The Morgan fingerprint density at radius 1 is 0.962 bits per heavy atom. The van der Waals surface area contributed by atoms with E-state index in [0.29, 0.717) is 5.69 Å². The normalized spacial score (nSPS) is 12.1. The number of aromatic hydroxyl groups is 1. The Balaban J connectivity index is 2.51. The molecule has 0 spiro atoms. The van der Waals surface area contributed by atoms with Crippen LogP contribution in [0.25, 0.3) is 0 Å². The average molecular weight is 356 g/mol. The van der Waals surface area contributed by atoms with E-state index in [1.807, 2.05) is 20.8 Å². The summed E-state index contributed by atoms with van der Waals surface area (Å²) in [7, 11) is 0. The number of nitrogens with one attached hydrogen (secondary N) is 1. The molecule has 142 valence electrons. The van der Waals surface area contributed by atoms with Gasteiger partial charge in [0.1, 0.15) is 5.75 Å². The Bertz CT molecular complexity index is 697. The first-order valence-corrected chi connectivity index (χ1v) is 9.26. The predicted molar refractivity (Wildman–Crippen MR) is 112 cm³/mol. The highest BCUT2D eigenvalue weighted by Gasteiger charge is 2.05. The van der Waals surface area contributed by atoms with Gasteiger partial charge in [-0.2, -0.15) is 0 Å². The average Bonchev–Trinajstić information content (AvgIpc) is 2.51. The van der Waals surface area contributed by atoms with Gasteiger partial charge < -0.3 is 10.4 Å². The molecule has 0 saturated carbocycles. The molecule has 0 bridgehead atoms. The molecule has 1 rings (SSSR count). The number of carbonyl (C=O) groups is 1. The highest BCUT2D eigenvalue weighted by atomic mass is 16.3. The minimum absolute atomic E-state index is 0.128. The lowest BCUT2D eigenvalue weighted by Gasteiger charge is -2.08. The van der Waals surface area contributed by atoms with Crippen molar-refractivity contribution in [2.75, 3.05) is 5.32 Å². The molecule has 1 aromatic carbocycles. The van der Waals surface area contributed by atoms with Crippen LogP contribution >= 0.6 is 0 Å². The Hall–Kier alpha value is -2.29. The number of allylic oxidation sites excluding steroid dienone is 5. The van der Waals surface area contributed by atoms with Crippen LogP contribution in [-0.4, -0.2) is 11.0 Å². The van der Waals surface area contributed by atoms with Gasteiger partial charge in [-0.3, -0.25) is 4.79 Å². The lowest BCUT2D eigenvalue weighted by atomic mass is 10.1. The summed E-state index contributed by atoms with van der Waals surface area (Å²) < 4.78 is 0. The zero-order valence-corrected chi connectivity index (χ0v) is 17.1. The molecule has 3 heteroatoms. The molecule has 0 atom stereocenters. The number of phenolic OH excluding ortho intramolecular Hbond substituents is 1. The first-order valence-electron chi connectivity index (χ1n) is 9.26. The van der Waals surface area contributed by atoms with Gasteiger partial charge in [-0.05, 0) is 90.5 Å². The van der Waals surface area contributed by atoms with E-state index in [4.69, 9.17) is 0 Å². The zero-order chi connectivity index (χ0) is 19.7. The smallest absolute Gasteiger partial charge is 0.248 e. The predicted octanol–water partition coefficient (Wildman–Crippen LogP) is 6.37. The SMILES string of the molecule is CC(C)=CCC/C(C)=C/CC/C(C)=C\C(=O)Nc1cc(C)c(O)c(C)c1. The van der Waals surface area contributed by atoms with Gasteiger partial charge in [0, 0.05) is 11.8 Å². The minimum atomic E-state index is -0.128. The van der Waals surface area contributed by atoms with Crippen molar-refractivity contribution in [1.29, 1.82) is 0 Å². The monoisotopic (exact) mass is 355 g/mol. The summed E-state index contributed by atoms with van der Waals surface area (Å²) in [6.07, 6.45) is 10.2. The van der Waals surface area contributed by atoms with Crippen molar-refractivity contribution in [1.82, 2.24) is 0 Å². The maximum Gasteiger partial charge on any atom is 0.248 e. The molecule has 0 unspecified atom stereocenters. The summed E-state index contributed by atoms with van der Waals surface area (Å²) in [5, 5.41) is 12.7. The fourth-order valence-electron chi connectivity index (χ4n) is 2.74. The van der Waals surface area contributed by atoms with Gasteiger partial charge in [0.15, 0.2) is 0 Å². The van der Waals surface area contributed by atoms with E-state index in [-0.39, 0.29) is 11.7 Å². The molecule has 3 nitrogen and oxygen atoms in total. The molecule has 0 aliphatic heterocycles. The van der Waals surface area contributed by atoms with Crippen molar-refractivity contribution in [2.24, 2.45) is 0 Å². The van der Waals surface area contributed by atoms with E-state index in [9.17, 15) is 9.90 Å². The van der Waals surface area contributed by atoms with Gasteiger partial charge in [0.05, 0.1) is 0 Å². The van der Waals surface area contributed by atoms with Crippen LogP contribution in [0.4, 0.5) is 5.69 Å². The van der Waals surface area contributed by atoms with Crippen LogP contribution in [0.5, 0.6) is 5.75 Å². The van der Waals surface area contributed by atoms with E-state index in [1.54, 1.807) is 18.2 Å². The lowest BCUT2D eigenvalue weighted by Crippen LogP contribution is -2.09. The van der Waals surface area contributed by atoms with Gasteiger partial charge in [-0.25, -0.2) is 0 Å². The number of phenols is 1. The van der Waals surface area contributed by atoms with E-state index >= 15 is 0 Å². The molecule has 1 amide bonds. The van der Waals surface area contributed by atoms with Crippen LogP contribution < -0.4 is 5.32 Å². The Morgan fingerprint density at radius 3 is 2.08 bits per heavy atom. The van der Waals surface area contributed by atoms with Gasteiger partial charge in [-0.1, -0.05) is 28.9 Å². The van der Waals surface area contributed by atoms with Crippen LogP contribution in [-0.2, 0) is 4.79 Å². The van der Waals surface area contributed by atoms with E-state index in [1.165, 1.54) is 11.1 Å². The molecule has 0 fully saturated rings. The van der Waals surface area contributed by atoms with Crippen molar-refractivity contribution in [3.8, 4) is 5.75 Å². The standard InChI is InChI=1S/C23H33NO2/c1-16(2)9-7-10-17(3)11-8-12-18(4)13-22(25)24-21-14-19(5)23(26)20(6)15-21/h9,11,13-15,26H,7-8,10,12H2,1-6H3,(H,24,25)/b17-11+,18-13-. The van der Waals surface area contributed by atoms with Crippen LogP contribution in [0.3, 0.4) is 0 Å². The van der Waals surface area contributed by atoms with Crippen LogP contribution in [0, 0.1) is 13.8 Å². The minimum Gasteiger partial charge on any atom is -0.507 e. The molecule has 0 heterocycles. The third-order valence-corrected chi connectivity index (χ3v) is 4.26. The van der Waals surface area contributed by atoms with Crippen molar-refractivity contribution < 1.29 is 9.90 Å². The summed E-state index contributed by atoms with van der Waals surface area (Å²) in [6.45, 7) is 12.0. The molecule has 0 aliphatic rings. The summed E-state index contributed by atoms with van der Waals surface area (Å²) in [6, 6.07) is 3.56. The molecule has 2 N–H and O–H groups in total. The largest absolute Gasteiger partial charge is 0.507 e. The Labute approximate surface area is 158 Å². The van der Waals surface area contributed by atoms with E-state index in [0.717, 1.165) is 42.4 Å². The second kappa shape index (κ2) is 10.6. The van der Waals surface area contributed by atoms with E-state index < -0.39 is 0 Å². The molecule has 0 radical (unpaired) electrons. The molecular weight excluding hydrogens is 322 g/mol. The second-order valence-corrected chi connectivity index (χ2v) is 7.35. The van der Waals surface area contributed by atoms with Gasteiger partial charge in [0.25, 0.3) is 0 Å². The first kappa shape index (κ1) is 21.8. The second-order valence-electron chi connectivity index (χ2n) is 7.35. The topological polar surface area (TPSA) is 49.3 Å². The van der Waals surface area contributed by atoms with Crippen LogP contribution in [0.1, 0.15) is 64.5 Å². The number of benzene rings is 1. The number of aryl methyl sites for hydroxylation is 2. The summed E-state index contributed by atoms with van der Waals surface area (Å²) in [5.74, 6) is 0.151. The quantitative estimate of drug-likeness (QED) is 0.323. The first-order chi connectivity index (χ1) is 12.2. The van der Waals surface area contributed by atoms with Gasteiger partial charge in [0.2, 0.25) is 5.91 Å². The van der Waals surface area contributed by atoms with Crippen LogP contribution in [0.15, 0.2) is 47.1 Å². The van der Waals surface area contributed by atoms with Crippen molar-refractivity contribution in [3.63, 3.8) is 0 Å². The van der Waals surface area contributed by atoms with Gasteiger partial charge in [-0.15, -0.1) is 0 Å². The molecule has 0 saturated heterocycles. The molecular formula is C23H33NO2. The third-order valence-electron chi connectivity index (χ3n) is 4.26. The number of anilines is 1. The molecule has 1 aromatic rings. The summed E-state index contributed by atoms with van der Waals surface area (Å²) >= 11 is 0. The Kier molecular flexibility index (Phi) is 8.91. The maximum absolute atomic E-state index is 12.2. The fourth-order valence-corrected chi connectivity index (χ4v) is 2.74. The van der Waals surface area contributed by atoms with Crippen molar-refractivity contribution >= 4 is 11.6 Å². The molecule has 0 aromatic heterocycles. The Morgan fingerprint density at radius 2 is 1.50 bits per heavy atom. The molecule has 0 aliphatic carbocycles.